The third-order valence-corrected chi connectivity index (χ3v) is 12.6. The van der Waals surface area contributed by atoms with Crippen LogP contribution in [0.1, 0.15) is 118 Å². The van der Waals surface area contributed by atoms with Crippen LogP contribution in [0.15, 0.2) is 60.7 Å². The summed E-state index contributed by atoms with van der Waals surface area (Å²) in [6, 6.07) is 6.49. The van der Waals surface area contributed by atoms with Gasteiger partial charge in [-0.15, -0.1) is 0 Å². The van der Waals surface area contributed by atoms with Crippen molar-refractivity contribution in [1.82, 2.24) is 19.6 Å². The number of nitro groups is 2. The summed E-state index contributed by atoms with van der Waals surface area (Å²) < 4.78 is 24.0. The van der Waals surface area contributed by atoms with Crippen LogP contribution < -0.4 is 0 Å². The molecular weight excluding hydrogens is 933 g/mol. The van der Waals surface area contributed by atoms with E-state index in [2.05, 4.69) is 0 Å². The first-order valence-corrected chi connectivity index (χ1v) is 24.8. The minimum absolute atomic E-state index is 0.0390. The van der Waals surface area contributed by atoms with Gasteiger partial charge < -0.3 is 28.7 Å². The van der Waals surface area contributed by atoms with Crippen molar-refractivity contribution >= 4 is 35.7 Å². The number of nitrogens with zero attached hydrogens (tertiary/aromatic N) is 6. The summed E-state index contributed by atoms with van der Waals surface area (Å²) in [5.74, 6) is -6.52. The van der Waals surface area contributed by atoms with Gasteiger partial charge in [0.25, 0.3) is 36.1 Å². The number of likely N-dealkylation sites (N-methyl/N-ethyl adjacent to an activating group) is 4. The van der Waals surface area contributed by atoms with Crippen LogP contribution in [0.4, 0.5) is 0 Å². The first-order valence-electron chi connectivity index (χ1n) is 24.8. The minimum atomic E-state index is -2.07. The molecule has 1 aliphatic rings. The zero-order valence-corrected chi connectivity index (χ0v) is 44.5. The number of cyclic esters (lactones) is 4. The molecule has 0 saturated carbocycles. The second-order valence-electron chi connectivity index (χ2n) is 20.9. The van der Waals surface area contributed by atoms with Gasteiger partial charge in [0.2, 0.25) is 0 Å². The normalized spacial score (nSPS) is 25.7. The highest BCUT2D eigenvalue weighted by molar-refractivity contribution is 5.91. The lowest BCUT2D eigenvalue weighted by Crippen LogP contribution is -2.54. The van der Waals surface area contributed by atoms with Gasteiger partial charge >= 0.3 is 23.9 Å². The Hall–Kier alpha value is -6.02. The van der Waals surface area contributed by atoms with Gasteiger partial charge in [-0.3, -0.25) is 49.2 Å². The Morgan fingerprint density at radius 3 is 1.00 bits per heavy atom. The number of hydrogen-bond acceptors (Lipinski definition) is 16. The van der Waals surface area contributed by atoms with Gasteiger partial charge in [-0.1, -0.05) is 116 Å². The largest absolute Gasteiger partial charge is 0.460 e. The quantitative estimate of drug-likeness (QED) is 0.0891. The molecule has 1 saturated heterocycles. The van der Waals surface area contributed by atoms with Crippen molar-refractivity contribution < 1.29 is 57.6 Å². The second kappa shape index (κ2) is 27.7. The van der Waals surface area contributed by atoms with Crippen molar-refractivity contribution in [3.8, 4) is 0 Å². The molecule has 0 radical (unpaired) electrons. The third-order valence-electron chi connectivity index (χ3n) is 12.6. The number of amides is 2. The van der Waals surface area contributed by atoms with Crippen LogP contribution in [-0.4, -0.2) is 155 Å². The molecule has 1 fully saturated rings. The van der Waals surface area contributed by atoms with E-state index in [9.17, 15) is 49.0 Å². The van der Waals surface area contributed by atoms with Crippen molar-refractivity contribution in [2.45, 2.75) is 156 Å². The highest BCUT2D eigenvalue weighted by atomic mass is 16.6. The van der Waals surface area contributed by atoms with E-state index in [4.69, 9.17) is 18.9 Å². The van der Waals surface area contributed by atoms with E-state index in [0.29, 0.717) is 0 Å². The average molecular weight is 1010 g/mol. The Morgan fingerprint density at radius 1 is 0.472 bits per heavy atom. The van der Waals surface area contributed by atoms with Gasteiger partial charge in [-0.2, -0.15) is 0 Å². The number of carbonyl (C=O) groups is 6. The monoisotopic (exact) mass is 1010 g/mol. The molecular formula is C52H78N6O14. The number of carbonyl (C=O) groups excluding carboxylic acids is 6. The van der Waals surface area contributed by atoms with E-state index in [-0.39, 0.29) is 73.6 Å². The average Bonchev–Trinajstić information content (AvgIpc) is 3.29. The summed E-state index contributed by atoms with van der Waals surface area (Å²) in [6.45, 7) is 17.5. The summed E-state index contributed by atoms with van der Waals surface area (Å²) in [6.07, 6.45) is -5.73. The number of esters is 4. The molecule has 1 heterocycles. The first kappa shape index (κ1) is 60.3. The molecule has 0 bridgehead atoms. The molecule has 10 unspecified atom stereocenters. The fourth-order valence-electron chi connectivity index (χ4n) is 8.95. The summed E-state index contributed by atoms with van der Waals surface area (Å²) in [5, 5.41) is 26.1. The van der Waals surface area contributed by atoms with Crippen LogP contribution in [0.5, 0.6) is 0 Å². The van der Waals surface area contributed by atoms with Gasteiger partial charge in [0.05, 0.1) is 0 Å². The Balaban J connectivity index is 2.31. The standard InChI is InChI=1S/C52H78N6O14/c1-31(2)25-39-49(61)71-45(43(57(65)66)37-21-17-15-18-22-37)47(59)55(13)42(28-34(7)8)52(64)70-36(10)30-54(12)40(26-32(3)4)50(62)72-46(44(58(67)68)38-23-19-16-20-24-38)48(60)56(14)41(27-33(5)6)51(63)69-35(9)29-53(39)11/h15-24,31-36,39-46H,25-30H2,1-14H3. The molecule has 2 aromatic carbocycles. The summed E-state index contributed by atoms with van der Waals surface area (Å²) in [7, 11) is 5.71. The molecule has 20 heteroatoms. The van der Waals surface area contributed by atoms with E-state index >= 15 is 0 Å². The molecule has 0 aliphatic carbocycles. The molecule has 0 aromatic heterocycles. The fraction of sp³-hybridized carbons (Fsp3) is 0.654. The predicted octanol–water partition coefficient (Wildman–Crippen LogP) is 6.16. The van der Waals surface area contributed by atoms with E-state index in [1.165, 1.54) is 38.4 Å². The van der Waals surface area contributed by atoms with Gasteiger partial charge in [0.1, 0.15) is 36.4 Å². The van der Waals surface area contributed by atoms with Crippen LogP contribution in [0.25, 0.3) is 0 Å². The van der Waals surface area contributed by atoms with Gasteiger partial charge in [-0.05, 0) is 77.3 Å². The Bertz CT molecular complexity index is 1990. The van der Waals surface area contributed by atoms with Crippen LogP contribution in [-0.2, 0) is 47.7 Å². The maximum atomic E-state index is 14.9. The van der Waals surface area contributed by atoms with Crippen LogP contribution in [0.2, 0.25) is 0 Å². The smallest absolute Gasteiger partial charge is 0.329 e. The predicted molar refractivity (Wildman–Crippen MR) is 267 cm³/mol. The Morgan fingerprint density at radius 2 is 0.736 bits per heavy atom. The Kier molecular flexibility index (Phi) is 23.2. The molecule has 72 heavy (non-hydrogen) atoms. The fourth-order valence-corrected chi connectivity index (χ4v) is 8.95. The van der Waals surface area contributed by atoms with Crippen LogP contribution >= 0.6 is 0 Å². The zero-order chi connectivity index (χ0) is 54.3. The maximum absolute atomic E-state index is 14.9. The number of hydrogen-bond donors (Lipinski definition) is 0. The molecule has 10 atom stereocenters. The zero-order valence-electron chi connectivity index (χ0n) is 44.5. The molecule has 2 amide bonds. The van der Waals surface area contributed by atoms with E-state index in [1.54, 1.807) is 74.1 Å². The molecule has 0 N–H and O–H groups in total. The van der Waals surface area contributed by atoms with Crippen molar-refractivity contribution in [3.63, 3.8) is 0 Å². The summed E-state index contributed by atoms with van der Waals surface area (Å²) in [5.41, 5.74) is 0.136. The molecule has 400 valence electrons. The lowest BCUT2D eigenvalue weighted by Gasteiger charge is -2.36. The topological polar surface area (TPSA) is 239 Å². The molecule has 2 aromatic rings. The SMILES string of the molecule is CC(C)CC1C(=O)OC(C(c2ccccc2)[N+](=O)[O-])C(=O)N(C)C(CC(C)C)C(=O)OC(C)CN(C)C(CC(C)C)C(=O)OC(C(c2ccccc2)[N+](=O)[O-])C(=O)N(C)C(CC(C)C)C(=O)OC(C)CN1C. The van der Waals surface area contributed by atoms with E-state index < -0.39 is 106 Å². The van der Waals surface area contributed by atoms with E-state index in [1.807, 2.05) is 55.4 Å². The van der Waals surface area contributed by atoms with Crippen molar-refractivity contribution in [1.29, 1.82) is 0 Å². The molecule has 3 rings (SSSR count). The summed E-state index contributed by atoms with van der Waals surface area (Å²) in [4.78, 5) is 117. The van der Waals surface area contributed by atoms with Gasteiger partial charge in [-0.25, -0.2) is 9.59 Å². The third kappa shape index (κ3) is 17.1. The minimum Gasteiger partial charge on any atom is -0.460 e. The summed E-state index contributed by atoms with van der Waals surface area (Å²) >= 11 is 0. The van der Waals surface area contributed by atoms with Crippen molar-refractivity contribution in [3.05, 3.63) is 92.0 Å². The van der Waals surface area contributed by atoms with Crippen LogP contribution in [0, 0.1) is 43.9 Å². The lowest BCUT2D eigenvalue weighted by molar-refractivity contribution is -0.538. The Labute approximate surface area is 424 Å². The first-order chi connectivity index (χ1) is 33.7. The van der Waals surface area contributed by atoms with Gasteiger partial charge in [0, 0.05) is 48.2 Å². The van der Waals surface area contributed by atoms with E-state index in [0.717, 1.165) is 9.80 Å². The lowest BCUT2D eigenvalue weighted by atomic mass is 9.97. The number of benzene rings is 2. The highest BCUT2D eigenvalue weighted by Gasteiger charge is 2.49. The maximum Gasteiger partial charge on any atom is 0.329 e. The molecule has 0 spiro atoms. The molecule has 20 nitrogen and oxygen atoms in total. The highest BCUT2D eigenvalue weighted by Crippen LogP contribution is 2.30. The number of rotatable bonds is 14. The van der Waals surface area contributed by atoms with Gasteiger partial charge in [0.15, 0.2) is 0 Å². The van der Waals surface area contributed by atoms with Crippen molar-refractivity contribution in [2.75, 3.05) is 41.3 Å². The second-order valence-corrected chi connectivity index (χ2v) is 20.9. The van der Waals surface area contributed by atoms with Crippen LogP contribution in [0.3, 0.4) is 0 Å². The van der Waals surface area contributed by atoms with Crippen molar-refractivity contribution in [2.24, 2.45) is 23.7 Å². The number of ether oxygens (including phenoxy) is 4. The molecule has 1 aliphatic heterocycles.